The smallest absolute Gasteiger partial charge is 0.227 e. The zero-order valence-electron chi connectivity index (χ0n) is 14.5. The van der Waals surface area contributed by atoms with Crippen LogP contribution in [0, 0.1) is 5.92 Å². The average Bonchev–Trinajstić information content (AvgIpc) is 3.01. The highest BCUT2D eigenvalue weighted by atomic mass is 32.2. The van der Waals surface area contributed by atoms with Gasteiger partial charge in [0.15, 0.2) is 9.84 Å². The van der Waals surface area contributed by atoms with Crippen LogP contribution in [-0.2, 0) is 21.7 Å². The van der Waals surface area contributed by atoms with Gasteiger partial charge in [0.05, 0.1) is 11.1 Å². The van der Waals surface area contributed by atoms with Crippen molar-refractivity contribution in [1.82, 2.24) is 9.78 Å². The Bertz CT molecular complexity index is 881. The Morgan fingerprint density at radius 1 is 1.16 bits per heavy atom. The van der Waals surface area contributed by atoms with E-state index in [9.17, 15) is 13.2 Å². The lowest BCUT2D eigenvalue weighted by atomic mass is 9.88. The highest BCUT2D eigenvalue weighted by Crippen LogP contribution is 2.29. The molecule has 0 unspecified atom stereocenters. The van der Waals surface area contributed by atoms with Crippen molar-refractivity contribution in [2.24, 2.45) is 13.0 Å². The normalized spacial score (nSPS) is 15.9. The van der Waals surface area contributed by atoms with Crippen LogP contribution in [0.5, 0.6) is 0 Å². The van der Waals surface area contributed by atoms with Gasteiger partial charge in [0.2, 0.25) is 5.91 Å². The lowest BCUT2D eigenvalue weighted by Gasteiger charge is -2.21. The van der Waals surface area contributed by atoms with Gasteiger partial charge in [-0.2, -0.15) is 5.10 Å². The fourth-order valence-corrected chi connectivity index (χ4v) is 3.91. The summed E-state index contributed by atoms with van der Waals surface area (Å²) in [6, 6.07) is 4.94. The molecule has 1 aromatic carbocycles. The Balaban J connectivity index is 1.93. The van der Waals surface area contributed by atoms with E-state index in [1.807, 2.05) is 6.20 Å². The second kappa shape index (κ2) is 7.00. The number of benzene rings is 1. The van der Waals surface area contributed by atoms with Gasteiger partial charge in [-0.3, -0.25) is 9.48 Å². The van der Waals surface area contributed by atoms with E-state index in [0.717, 1.165) is 36.8 Å². The molecule has 0 saturated heterocycles. The molecule has 1 aliphatic rings. The molecule has 1 aromatic heterocycles. The van der Waals surface area contributed by atoms with E-state index in [1.165, 1.54) is 18.7 Å². The number of nitrogens with one attached hydrogen (secondary N) is 1. The molecule has 1 heterocycles. The number of carbonyl (C=O) groups is 1. The lowest BCUT2D eigenvalue weighted by Crippen LogP contribution is -2.24. The zero-order chi connectivity index (χ0) is 18.0. The second-order valence-electron chi connectivity index (χ2n) is 6.75. The van der Waals surface area contributed by atoms with Crippen molar-refractivity contribution in [3.8, 4) is 11.1 Å². The summed E-state index contributed by atoms with van der Waals surface area (Å²) in [7, 11) is -1.59. The highest BCUT2D eigenvalue weighted by Gasteiger charge is 2.22. The molecule has 2 aromatic rings. The summed E-state index contributed by atoms with van der Waals surface area (Å²) in [6.45, 7) is 0. The number of nitrogens with zero attached hydrogens (tertiary/aromatic N) is 2. The molecule has 0 aliphatic heterocycles. The van der Waals surface area contributed by atoms with Crippen molar-refractivity contribution in [3.05, 3.63) is 30.6 Å². The molecule has 1 saturated carbocycles. The molecule has 0 radical (unpaired) electrons. The van der Waals surface area contributed by atoms with Crippen LogP contribution >= 0.6 is 0 Å². The number of carbonyl (C=O) groups excluding carboxylic acids is 1. The molecule has 25 heavy (non-hydrogen) atoms. The Labute approximate surface area is 148 Å². The van der Waals surface area contributed by atoms with Crippen LogP contribution in [0.3, 0.4) is 0 Å². The van der Waals surface area contributed by atoms with Crippen LogP contribution in [0.25, 0.3) is 11.1 Å². The minimum absolute atomic E-state index is 0.0116. The molecule has 1 amide bonds. The van der Waals surface area contributed by atoms with Gasteiger partial charge in [0.25, 0.3) is 0 Å². The predicted molar refractivity (Wildman–Crippen MR) is 97.0 cm³/mol. The summed E-state index contributed by atoms with van der Waals surface area (Å²) >= 11 is 0. The first-order valence-electron chi connectivity index (χ1n) is 8.48. The van der Waals surface area contributed by atoms with Crippen LogP contribution in [0.2, 0.25) is 0 Å². The first-order chi connectivity index (χ1) is 11.8. The molecular weight excluding hydrogens is 338 g/mol. The maximum absolute atomic E-state index is 12.5. The Morgan fingerprint density at radius 2 is 1.88 bits per heavy atom. The quantitative estimate of drug-likeness (QED) is 0.908. The molecule has 0 spiro atoms. The van der Waals surface area contributed by atoms with Gasteiger partial charge in [-0.15, -0.1) is 0 Å². The van der Waals surface area contributed by atoms with E-state index in [4.69, 9.17) is 0 Å². The molecule has 6 nitrogen and oxygen atoms in total. The molecule has 1 N–H and O–H groups in total. The van der Waals surface area contributed by atoms with Gasteiger partial charge in [0, 0.05) is 36.7 Å². The topological polar surface area (TPSA) is 81.1 Å². The van der Waals surface area contributed by atoms with Crippen LogP contribution in [-0.4, -0.2) is 30.4 Å². The van der Waals surface area contributed by atoms with E-state index in [-0.39, 0.29) is 16.7 Å². The maximum Gasteiger partial charge on any atom is 0.227 e. The first kappa shape index (κ1) is 17.7. The molecule has 0 bridgehead atoms. The lowest BCUT2D eigenvalue weighted by molar-refractivity contribution is -0.120. The summed E-state index contributed by atoms with van der Waals surface area (Å²) in [5.74, 6) is -0.0139. The fourth-order valence-electron chi connectivity index (χ4n) is 3.23. The SMILES string of the molecule is Cn1cc(-c2cc(NC(=O)C3CCCCC3)cc(S(C)(=O)=O)c2)cn1. The number of aromatic nitrogens is 2. The molecule has 134 valence electrons. The number of hydrogen-bond donors (Lipinski definition) is 1. The monoisotopic (exact) mass is 361 g/mol. The number of hydrogen-bond acceptors (Lipinski definition) is 4. The van der Waals surface area contributed by atoms with Crippen molar-refractivity contribution in [1.29, 1.82) is 0 Å². The number of rotatable bonds is 4. The van der Waals surface area contributed by atoms with Crippen molar-refractivity contribution in [2.45, 2.75) is 37.0 Å². The highest BCUT2D eigenvalue weighted by molar-refractivity contribution is 7.90. The van der Waals surface area contributed by atoms with Crippen LogP contribution in [0.15, 0.2) is 35.5 Å². The number of anilines is 1. The van der Waals surface area contributed by atoms with E-state index in [0.29, 0.717) is 5.69 Å². The van der Waals surface area contributed by atoms with Gasteiger partial charge < -0.3 is 5.32 Å². The molecule has 7 heteroatoms. The molecule has 0 atom stereocenters. The number of sulfone groups is 1. The van der Waals surface area contributed by atoms with Crippen molar-refractivity contribution < 1.29 is 13.2 Å². The van der Waals surface area contributed by atoms with Gasteiger partial charge in [0.1, 0.15) is 0 Å². The largest absolute Gasteiger partial charge is 0.326 e. The Morgan fingerprint density at radius 3 is 2.48 bits per heavy atom. The number of amides is 1. The summed E-state index contributed by atoms with van der Waals surface area (Å²) in [6.07, 6.45) is 9.77. The first-order valence-corrected chi connectivity index (χ1v) is 10.4. The van der Waals surface area contributed by atoms with Crippen molar-refractivity contribution in [2.75, 3.05) is 11.6 Å². The van der Waals surface area contributed by atoms with E-state index >= 15 is 0 Å². The van der Waals surface area contributed by atoms with Gasteiger partial charge >= 0.3 is 0 Å². The van der Waals surface area contributed by atoms with Crippen molar-refractivity contribution in [3.63, 3.8) is 0 Å². The third-order valence-corrected chi connectivity index (χ3v) is 5.71. The van der Waals surface area contributed by atoms with Gasteiger partial charge in [-0.1, -0.05) is 19.3 Å². The number of aryl methyl sites for hydroxylation is 1. The third-order valence-electron chi connectivity index (χ3n) is 4.62. The summed E-state index contributed by atoms with van der Waals surface area (Å²) in [5.41, 5.74) is 2.04. The Hall–Kier alpha value is -2.15. The van der Waals surface area contributed by atoms with Crippen LogP contribution in [0.1, 0.15) is 32.1 Å². The predicted octanol–water partition coefficient (Wildman–Crippen LogP) is 3.01. The van der Waals surface area contributed by atoms with Crippen LogP contribution < -0.4 is 5.32 Å². The molecule has 1 aliphatic carbocycles. The van der Waals surface area contributed by atoms with Crippen molar-refractivity contribution >= 4 is 21.4 Å². The Kier molecular flexibility index (Phi) is 4.94. The summed E-state index contributed by atoms with van der Waals surface area (Å²) < 4.78 is 25.7. The molecular formula is C18H23N3O3S. The maximum atomic E-state index is 12.5. The fraction of sp³-hybridized carbons (Fsp3) is 0.444. The van der Waals surface area contributed by atoms with E-state index in [2.05, 4.69) is 10.4 Å². The van der Waals surface area contributed by atoms with Crippen LogP contribution in [0.4, 0.5) is 5.69 Å². The average molecular weight is 361 g/mol. The van der Waals surface area contributed by atoms with Gasteiger partial charge in [-0.25, -0.2) is 8.42 Å². The minimum atomic E-state index is -3.39. The molecule has 1 fully saturated rings. The summed E-state index contributed by atoms with van der Waals surface area (Å²) in [4.78, 5) is 12.7. The summed E-state index contributed by atoms with van der Waals surface area (Å²) in [5, 5.41) is 7.04. The van der Waals surface area contributed by atoms with E-state index < -0.39 is 9.84 Å². The third kappa shape index (κ3) is 4.28. The zero-order valence-corrected chi connectivity index (χ0v) is 15.3. The van der Waals surface area contributed by atoms with Gasteiger partial charge in [-0.05, 0) is 36.6 Å². The minimum Gasteiger partial charge on any atom is -0.326 e. The van der Waals surface area contributed by atoms with E-state index in [1.54, 1.807) is 30.1 Å². The molecule has 3 rings (SSSR count). The second-order valence-corrected chi connectivity index (χ2v) is 8.76. The standard InChI is InChI=1S/C18H23N3O3S/c1-21-12-15(11-19-21)14-8-16(10-17(9-14)25(2,23)24)20-18(22)13-6-4-3-5-7-13/h8-13H,3-7H2,1-2H3,(H,20,22).